The number of rotatable bonds is 4. The molecule has 0 aliphatic heterocycles. The molecule has 106 valence electrons. The number of nitrogens with one attached hydrogen (secondary N) is 1. The first kappa shape index (κ1) is 14.9. The van der Waals surface area contributed by atoms with Gasteiger partial charge in [0.1, 0.15) is 0 Å². The quantitative estimate of drug-likeness (QED) is 0.928. The Hall–Kier alpha value is -1.51. The standard InChI is InChI=1S/C11H10ClN3O3S2/c1-2-20(17,18)8-5-3-7(4-6-8)13-9(16)10-14-15-11(12)19-10/h3-6H,2H2,1H3,(H,13,16). The molecule has 1 aromatic carbocycles. The van der Waals surface area contributed by atoms with Crippen LogP contribution in [0.15, 0.2) is 29.2 Å². The van der Waals surface area contributed by atoms with Crippen LogP contribution in [-0.2, 0) is 9.84 Å². The van der Waals surface area contributed by atoms with Crippen molar-refractivity contribution in [2.75, 3.05) is 11.1 Å². The zero-order chi connectivity index (χ0) is 14.8. The average Bonchev–Trinajstić information content (AvgIpc) is 2.86. The minimum atomic E-state index is -3.24. The van der Waals surface area contributed by atoms with Gasteiger partial charge in [-0.2, -0.15) is 0 Å². The van der Waals surface area contributed by atoms with Crippen molar-refractivity contribution in [2.45, 2.75) is 11.8 Å². The zero-order valence-corrected chi connectivity index (χ0v) is 12.7. The fourth-order valence-corrected chi connectivity index (χ4v) is 3.00. The van der Waals surface area contributed by atoms with Gasteiger partial charge < -0.3 is 5.32 Å². The van der Waals surface area contributed by atoms with Crippen molar-refractivity contribution in [3.8, 4) is 0 Å². The van der Waals surface area contributed by atoms with Gasteiger partial charge in [-0.25, -0.2) is 8.42 Å². The van der Waals surface area contributed by atoms with Crippen LogP contribution in [-0.4, -0.2) is 30.3 Å². The highest BCUT2D eigenvalue weighted by molar-refractivity contribution is 7.91. The van der Waals surface area contributed by atoms with E-state index in [2.05, 4.69) is 15.5 Å². The molecule has 0 fully saturated rings. The topological polar surface area (TPSA) is 89.0 Å². The van der Waals surface area contributed by atoms with Gasteiger partial charge in [-0.3, -0.25) is 4.79 Å². The summed E-state index contributed by atoms with van der Waals surface area (Å²) in [6.07, 6.45) is 0. The van der Waals surface area contributed by atoms with Crippen LogP contribution in [0.25, 0.3) is 0 Å². The van der Waals surface area contributed by atoms with Crippen LogP contribution in [0.1, 0.15) is 16.7 Å². The van der Waals surface area contributed by atoms with E-state index in [0.29, 0.717) is 5.69 Å². The van der Waals surface area contributed by atoms with Crippen LogP contribution in [0.4, 0.5) is 5.69 Å². The van der Waals surface area contributed by atoms with Gasteiger partial charge in [-0.15, -0.1) is 10.2 Å². The minimum Gasteiger partial charge on any atom is -0.320 e. The van der Waals surface area contributed by atoms with Crippen LogP contribution < -0.4 is 5.32 Å². The Labute approximate surface area is 124 Å². The van der Waals surface area contributed by atoms with Gasteiger partial charge >= 0.3 is 0 Å². The highest BCUT2D eigenvalue weighted by Gasteiger charge is 2.14. The molecule has 6 nitrogen and oxygen atoms in total. The van der Waals surface area contributed by atoms with E-state index in [0.717, 1.165) is 11.3 Å². The van der Waals surface area contributed by atoms with E-state index in [-0.39, 0.29) is 20.1 Å². The third-order valence-electron chi connectivity index (χ3n) is 2.45. The molecule has 9 heteroatoms. The van der Waals surface area contributed by atoms with Crippen molar-refractivity contribution < 1.29 is 13.2 Å². The molecule has 0 radical (unpaired) electrons. The molecule has 0 bridgehead atoms. The molecule has 20 heavy (non-hydrogen) atoms. The van der Waals surface area contributed by atoms with Crippen LogP contribution in [0.2, 0.25) is 4.47 Å². The van der Waals surface area contributed by atoms with Crippen LogP contribution in [0.5, 0.6) is 0 Å². The first-order chi connectivity index (χ1) is 9.42. The number of hydrogen-bond donors (Lipinski definition) is 1. The number of carbonyl (C=O) groups excluding carboxylic acids is 1. The maximum absolute atomic E-state index is 11.8. The van der Waals surface area contributed by atoms with Gasteiger partial charge in [-0.1, -0.05) is 18.3 Å². The number of nitrogens with zero attached hydrogens (tertiary/aromatic N) is 2. The molecular weight excluding hydrogens is 322 g/mol. The molecule has 0 spiro atoms. The van der Waals surface area contributed by atoms with E-state index in [1.165, 1.54) is 24.3 Å². The number of carbonyl (C=O) groups is 1. The maximum atomic E-state index is 11.8. The van der Waals surface area contributed by atoms with E-state index in [1.54, 1.807) is 6.92 Å². The molecule has 0 atom stereocenters. The van der Waals surface area contributed by atoms with Crippen LogP contribution in [0.3, 0.4) is 0 Å². The van der Waals surface area contributed by atoms with Gasteiger partial charge in [0.05, 0.1) is 10.6 Å². The summed E-state index contributed by atoms with van der Waals surface area (Å²) in [5.74, 6) is -0.414. The molecule has 1 N–H and O–H groups in total. The van der Waals surface area contributed by atoms with Gasteiger partial charge in [0, 0.05) is 5.69 Å². The zero-order valence-electron chi connectivity index (χ0n) is 10.3. The summed E-state index contributed by atoms with van der Waals surface area (Å²) in [7, 11) is -3.24. The molecule has 0 saturated carbocycles. The molecular formula is C11H10ClN3O3S2. The first-order valence-corrected chi connectivity index (χ1v) is 8.40. The molecule has 0 unspecified atom stereocenters. The van der Waals surface area contributed by atoms with Gasteiger partial charge in [0.15, 0.2) is 9.84 Å². The third-order valence-corrected chi connectivity index (χ3v) is 5.21. The Morgan fingerprint density at radius 2 is 1.95 bits per heavy atom. The highest BCUT2D eigenvalue weighted by Crippen LogP contribution is 2.18. The van der Waals surface area contributed by atoms with Crippen molar-refractivity contribution in [3.05, 3.63) is 33.7 Å². The highest BCUT2D eigenvalue weighted by atomic mass is 35.5. The number of aromatic nitrogens is 2. The van der Waals surface area contributed by atoms with Crippen molar-refractivity contribution in [1.29, 1.82) is 0 Å². The number of sulfone groups is 1. The number of amides is 1. The molecule has 1 amide bonds. The predicted octanol–water partition coefficient (Wildman–Crippen LogP) is 2.24. The fraction of sp³-hybridized carbons (Fsp3) is 0.182. The Morgan fingerprint density at radius 3 is 2.45 bits per heavy atom. The molecule has 0 saturated heterocycles. The lowest BCUT2D eigenvalue weighted by Crippen LogP contribution is -2.12. The molecule has 2 rings (SSSR count). The molecule has 1 heterocycles. The summed E-state index contributed by atoms with van der Waals surface area (Å²) in [6.45, 7) is 1.57. The van der Waals surface area contributed by atoms with Gasteiger partial charge in [0.2, 0.25) is 9.47 Å². The van der Waals surface area contributed by atoms with Crippen molar-refractivity contribution in [1.82, 2.24) is 10.2 Å². The monoisotopic (exact) mass is 331 g/mol. The smallest absolute Gasteiger partial charge is 0.286 e. The van der Waals surface area contributed by atoms with Gasteiger partial charge in [0.25, 0.3) is 5.91 Å². The second kappa shape index (κ2) is 5.86. The van der Waals surface area contributed by atoms with Crippen molar-refractivity contribution in [3.63, 3.8) is 0 Å². The minimum absolute atomic E-state index is 0.0298. The third kappa shape index (κ3) is 3.33. The lowest BCUT2D eigenvalue weighted by atomic mass is 10.3. The summed E-state index contributed by atoms with van der Waals surface area (Å²) >= 11 is 6.55. The lowest BCUT2D eigenvalue weighted by molar-refractivity contribution is 0.102. The maximum Gasteiger partial charge on any atom is 0.286 e. The number of anilines is 1. The van der Waals surface area contributed by atoms with Crippen LogP contribution >= 0.6 is 22.9 Å². The SMILES string of the molecule is CCS(=O)(=O)c1ccc(NC(=O)c2nnc(Cl)s2)cc1. The summed E-state index contributed by atoms with van der Waals surface area (Å²) < 4.78 is 23.5. The van der Waals surface area contributed by atoms with E-state index >= 15 is 0 Å². The first-order valence-electron chi connectivity index (χ1n) is 5.55. The molecule has 1 aromatic heterocycles. The van der Waals surface area contributed by atoms with Crippen molar-refractivity contribution in [2.24, 2.45) is 0 Å². The molecule has 0 aliphatic carbocycles. The predicted molar refractivity (Wildman–Crippen MR) is 77.0 cm³/mol. The Morgan fingerprint density at radius 1 is 1.30 bits per heavy atom. The van der Waals surface area contributed by atoms with E-state index in [1.807, 2.05) is 0 Å². The Balaban J connectivity index is 2.14. The van der Waals surface area contributed by atoms with Gasteiger partial charge in [-0.05, 0) is 35.9 Å². The lowest BCUT2D eigenvalue weighted by Gasteiger charge is -2.05. The Kier molecular flexibility index (Phi) is 4.36. The number of benzene rings is 1. The van der Waals surface area contributed by atoms with E-state index in [9.17, 15) is 13.2 Å². The summed E-state index contributed by atoms with van der Waals surface area (Å²) in [6, 6.07) is 5.93. The van der Waals surface area contributed by atoms with Crippen LogP contribution in [0, 0.1) is 0 Å². The molecule has 2 aromatic rings. The summed E-state index contributed by atoms with van der Waals surface area (Å²) in [5, 5.41) is 9.86. The van der Waals surface area contributed by atoms with E-state index in [4.69, 9.17) is 11.6 Å². The second-order valence-corrected chi connectivity index (χ2v) is 7.58. The normalized spacial score (nSPS) is 11.3. The van der Waals surface area contributed by atoms with Crippen molar-refractivity contribution >= 4 is 44.4 Å². The van der Waals surface area contributed by atoms with E-state index < -0.39 is 15.7 Å². The average molecular weight is 332 g/mol. The molecule has 0 aliphatic rings. The summed E-state index contributed by atoms with van der Waals surface area (Å²) in [4.78, 5) is 12.0. The summed E-state index contributed by atoms with van der Waals surface area (Å²) in [5.41, 5.74) is 0.469. The number of hydrogen-bond acceptors (Lipinski definition) is 6. The second-order valence-electron chi connectivity index (χ2n) is 3.74. The fourth-order valence-electron chi connectivity index (χ4n) is 1.39. The largest absolute Gasteiger partial charge is 0.320 e. The number of halogens is 1. The Bertz CT molecular complexity index is 726.